The minimum absolute atomic E-state index is 0.141. The summed E-state index contributed by atoms with van der Waals surface area (Å²) in [5, 5.41) is 15.7. The molecule has 0 saturated heterocycles. The molecule has 3 aromatic carbocycles. The molecule has 1 aliphatic rings. The average Bonchev–Trinajstić information content (AvgIpc) is 2.86. The summed E-state index contributed by atoms with van der Waals surface area (Å²) in [6, 6.07) is 13.3. The van der Waals surface area contributed by atoms with E-state index in [1.54, 1.807) is 19.2 Å². The Morgan fingerprint density at radius 2 is 1.86 bits per heavy atom. The van der Waals surface area contributed by atoms with Gasteiger partial charge in [0.1, 0.15) is 11.8 Å². The molecule has 0 spiro atoms. The summed E-state index contributed by atoms with van der Waals surface area (Å²) in [5.41, 5.74) is 1.89. The lowest BCUT2D eigenvalue weighted by Gasteiger charge is -2.12. The molecule has 0 unspecified atom stereocenters. The zero-order valence-corrected chi connectivity index (χ0v) is 11.2. The number of fused-ring (bicyclic) bond motifs is 2. The highest BCUT2D eigenvalue weighted by Gasteiger charge is 2.27. The fourth-order valence-corrected chi connectivity index (χ4v) is 3.07. The molecule has 0 aromatic heterocycles. The van der Waals surface area contributed by atoms with Gasteiger partial charge < -0.3 is 10.1 Å². The largest absolute Gasteiger partial charge is 0.496 e. The van der Waals surface area contributed by atoms with E-state index in [1.165, 1.54) is 0 Å². The van der Waals surface area contributed by atoms with Crippen LogP contribution in [0.25, 0.3) is 21.5 Å². The summed E-state index contributed by atoms with van der Waals surface area (Å²) >= 11 is 0. The van der Waals surface area contributed by atoms with Gasteiger partial charge in [-0.1, -0.05) is 24.3 Å². The Balaban J connectivity index is 2.39. The van der Waals surface area contributed by atoms with Crippen molar-refractivity contribution in [1.29, 1.82) is 5.26 Å². The molecule has 21 heavy (non-hydrogen) atoms. The molecule has 4 nitrogen and oxygen atoms in total. The van der Waals surface area contributed by atoms with E-state index in [1.807, 2.05) is 24.3 Å². The van der Waals surface area contributed by atoms with Gasteiger partial charge in [0.05, 0.1) is 18.4 Å². The van der Waals surface area contributed by atoms with Crippen molar-refractivity contribution < 1.29 is 9.53 Å². The van der Waals surface area contributed by atoms with Gasteiger partial charge in [-0.05, 0) is 12.1 Å². The molecule has 0 bridgehead atoms. The van der Waals surface area contributed by atoms with Crippen LogP contribution in [0.2, 0.25) is 0 Å². The summed E-state index contributed by atoms with van der Waals surface area (Å²) in [6.07, 6.45) is 0. The number of amides is 1. The Kier molecular flexibility index (Phi) is 2.22. The first kappa shape index (κ1) is 11.7. The number of benzene rings is 3. The van der Waals surface area contributed by atoms with Crippen molar-refractivity contribution in [1.82, 2.24) is 0 Å². The van der Waals surface area contributed by atoms with E-state index in [0.29, 0.717) is 22.3 Å². The van der Waals surface area contributed by atoms with Crippen LogP contribution >= 0.6 is 0 Å². The van der Waals surface area contributed by atoms with Crippen LogP contribution in [-0.4, -0.2) is 13.0 Å². The van der Waals surface area contributed by atoms with Crippen molar-refractivity contribution in [3.8, 4) is 11.8 Å². The molecule has 1 N–H and O–H groups in total. The van der Waals surface area contributed by atoms with Crippen molar-refractivity contribution in [2.24, 2.45) is 0 Å². The number of methoxy groups -OCH3 is 1. The van der Waals surface area contributed by atoms with E-state index in [9.17, 15) is 10.1 Å². The van der Waals surface area contributed by atoms with Crippen LogP contribution in [0.15, 0.2) is 36.4 Å². The van der Waals surface area contributed by atoms with Gasteiger partial charge in [0.25, 0.3) is 5.91 Å². The lowest BCUT2D eigenvalue weighted by Crippen LogP contribution is -2.04. The topological polar surface area (TPSA) is 62.1 Å². The highest BCUT2D eigenvalue weighted by molar-refractivity contribution is 6.31. The lowest BCUT2D eigenvalue weighted by atomic mass is 9.94. The van der Waals surface area contributed by atoms with Gasteiger partial charge >= 0.3 is 0 Å². The van der Waals surface area contributed by atoms with Crippen molar-refractivity contribution in [3.05, 3.63) is 47.5 Å². The fourth-order valence-electron chi connectivity index (χ4n) is 3.07. The number of anilines is 1. The Bertz CT molecular complexity index is 984. The van der Waals surface area contributed by atoms with Crippen molar-refractivity contribution in [2.45, 2.75) is 0 Å². The highest BCUT2D eigenvalue weighted by Crippen LogP contribution is 2.45. The summed E-state index contributed by atoms with van der Waals surface area (Å²) in [4.78, 5) is 12.2. The Morgan fingerprint density at radius 1 is 1.10 bits per heavy atom. The van der Waals surface area contributed by atoms with Gasteiger partial charge in [0, 0.05) is 27.1 Å². The first-order valence-corrected chi connectivity index (χ1v) is 6.53. The van der Waals surface area contributed by atoms with Gasteiger partial charge in [-0.3, -0.25) is 4.79 Å². The summed E-state index contributed by atoms with van der Waals surface area (Å²) in [5.74, 6) is 0.465. The van der Waals surface area contributed by atoms with E-state index in [4.69, 9.17) is 4.74 Å². The normalized spacial score (nSPS) is 12.5. The SMILES string of the molecule is COc1ccc2c3c(c4ccccc4c(C#N)c13)NC2=O. The zero-order valence-electron chi connectivity index (χ0n) is 11.2. The first-order chi connectivity index (χ1) is 10.3. The van der Waals surface area contributed by atoms with Crippen LogP contribution in [0.4, 0.5) is 5.69 Å². The van der Waals surface area contributed by atoms with Crippen LogP contribution in [-0.2, 0) is 0 Å². The second-order valence-corrected chi connectivity index (χ2v) is 4.93. The summed E-state index contributed by atoms with van der Waals surface area (Å²) in [7, 11) is 1.57. The average molecular weight is 274 g/mol. The summed E-state index contributed by atoms with van der Waals surface area (Å²) in [6.45, 7) is 0. The second kappa shape index (κ2) is 3.97. The van der Waals surface area contributed by atoms with Crippen LogP contribution in [0, 0.1) is 11.3 Å². The third kappa shape index (κ3) is 1.35. The first-order valence-electron chi connectivity index (χ1n) is 6.53. The molecule has 0 atom stereocenters. The van der Waals surface area contributed by atoms with E-state index < -0.39 is 0 Å². The van der Waals surface area contributed by atoms with Gasteiger partial charge in [0.2, 0.25) is 0 Å². The molecular weight excluding hydrogens is 264 g/mol. The highest BCUT2D eigenvalue weighted by atomic mass is 16.5. The monoisotopic (exact) mass is 274 g/mol. The van der Waals surface area contributed by atoms with Gasteiger partial charge in [0.15, 0.2) is 0 Å². The van der Waals surface area contributed by atoms with Crippen molar-refractivity contribution in [3.63, 3.8) is 0 Å². The van der Waals surface area contributed by atoms with Gasteiger partial charge in [-0.2, -0.15) is 5.26 Å². The molecule has 3 aromatic rings. The minimum atomic E-state index is -0.141. The van der Waals surface area contributed by atoms with E-state index in [2.05, 4.69) is 11.4 Å². The van der Waals surface area contributed by atoms with Gasteiger partial charge in [-0.25, -0.2) is 0 Å². The van der Waals surface area contributed by atoms with Crippen LogP contribution in [0.3, 0.4) is 0 Å². The molecule has 4 heteroatoms. The minimum Gasteiger partial charge on any atom is -0.496 e. The number of nitrogens with one attached hydrogen (secondary N) is 1. The quantitative estimate of drug-likeness (QED) is 0.691. The number of nitrogens with zero attached hydrogens (tertiary/aromatic N) is 1. The maximum atomic E-state index is 12.2. The summed E-state index contributed by atoms with van der Waals surface area (Å²) < 4.78 is 5.40. The molecule has 100 valence electrons. The Labute approximate surface area is 120 Å². The molecule has 1 heterocycles. The number of ether oxygens (including phenoxy) is 1. The van der Waals surface area contributed by atoms with E-state index in [0.717, 1.165) is 21.8 Å². The predicted octanol–water partition coefficient (Wildman–Crippen LogP) is 3.44. The maximum absolute atomic E-state index is 12.2. The number of rotatable bonds is 1. The molecule has 0 aliphatic carbocycles. The third-order valence-electron chi connectivity index (χ3n) is 3.95. The van der Waals surface area contributed by atoms with E-state index >= 15 is 0 Å². The molecule has 0 fully saturated rings. The second-order valence-electron chi connectivity index (χ2n) is 4.93. The standard InChI is InChI=1S/C17H10N2O2/c1-21-13-7-6-11-15-14(13)12(8-18)9-4-2-3-5-10(9)16(15)19-17(11)20/h2-7H,1H3,(H,19,20). The fraction of sp³-hybridized carbons (Fsp3) is 0.0588. The van der Waals surface area contributed by atoms with E-state index in [-0.39, 0.29) is 5.91 Å². The molecular formula is C17H10N2O2. The Hall–Kier alpha value is -3.06. The number of hydrogen-bond acceptors (Lipinski definition) is 3. The van der Waals surface area contributed by atoms with Gasteiger partial charge in [-0.15, -0.1) is 0 Å². The maximum Gasteiger partial charge on any atom is 0.256 e. The van der Waals surface area contributed by atoms with Crippen LogP contribution in [0.1, 0.15) is 15.9 Å². The molecule has 1 amide bonds. The number of hydrogen-bond donors (Lipinski definition) is 1. The number of carbonyl (C=O) groups excluding carboxylic acids is 1. The zero-order chi connectivity index (χ0) is 14.6. The number of nitriles is 1. The molecule has 4 rings (SSSR count). The molecule has 1 aliphatic heterocycles. The Morgan fingerprint density at radius 3 is 2.57 bits per heavy atom. The van der Waals surface area contributed by atoms with Crippen molar-refractivity contribution in [2.75, 3.05) is 12.4 Å². The number of carbonyl (C=O) groups is 1. The van der Waals surface area contributed by atoms with Crippen LogP contribution < -0.4 is 10.1 Å². The van der Waals surface area contributed by atoms with Crippen molar-refractivity contribution >= 4 is 33.1 Å². The molecule has 0 radical (unpaired) electrons. The lowest BCUT2D eigenvalue weighted by molar-refractivity contribution is 0.103. The predicted molar refractivity (Wildman–Crippen MR) is 80.7 cm³/mol. The third-order valence-corrected chi connectivity index (χ3v) is 3.95. The van der Waals surface area contributed by atoms with Crippen LogP contribution in [0.5, 0.6) is 5.75 Å². The molecule has 0 saturated carbocycles. The smallest absolute Gasteiger partial charge is 0.256 e.